The molecule has 0 N–H and O–H groups in total. The van der Waals surface area contributed by atoms with E-state index in [9.17, 15) is 9.47 Å². The predicted molar refractivity (Wildman–Crippen MR) is 112 cm³/mol. The molecule has 1 aromatic rings. The lowest BCUT2D eigenvalue weighted by Crippen LogP contribution is -2.51. The molecular formula is C16H26Cl2N5O4P. The highest BCUT2D eigenvalue weighted by molar-refractivity contribution is 7.53. The molecule has 2 heterocycles. The Morgan fingerprint density at radius 3 is 2.61 bits per heavy atom. The fraction of sp³-hybridized carbons (Fsp3) is 0.625. The van der Waals surface area contributed by atoms with Crippen LogP contribution in [0.15, 0.2) is 29.6 Å². The van der Waals surface area contributed by atoms with Crippen molar-refractivity contribution < 1.29 is 13.8 Å². The average Bonchev–Trinajstić information content (AvgIpc) is 2.72. The number of hydrogen-bond acceptors (Lipinski definition) is 6. The quantitative estimate of drug-likeness (QED) is 0.269. The number of piperazine rings is 1. The Bertz CT molecular complexity index is 693. The molecule has 1 atom stereocenters. The van der Waals surface area contributed by atoms with Crippen LogP contribution in [0.3, 0.4) is 0 Å². The summed E-state index contributed by atoms with van der Waals surface area (Å²) in [5, 5.41) is 4.13. The molecule has 0 spiro atoms. The average molecular weight is 454 g/mol. The number of hydrazine groups is 1. The molecule has 2 aliphatic rings. The van der Waals surface area contributed by atoms with Gasteiger partial charge in [0, 0.05) is 38.6 Å². The highest BCUT2D eigenvalue weighted by Crippen LogP contribution is 2.57. The zero-order valence-electron chi connectivity index (χ0n) is 15.8. The maximum atomic E-state index is 13.7. The first-order valence-corrected chi connectivity index (χ1v) is 11.0. The van der Waals surface area contributed by atoms with Crippen molar-refractivity contribution in [2.45, 2.75) is 6.42 Å². The molecule has 1 unspecified atom stereocenters. The lowest BCUT2D eigenvalue weighted by atomic mass is 10.2. The third kappa shape index (κ3) is 4.72. The molecular weight excluding hydrogens is 428 g/mol. The standard InChI is InChI=1S/C16H25ClN5O4P.ClH/c1-25-16-6-3-2-5-15(16)19-10-12-20(13-11-19)27(24)22(8-4-14-26-27)21(18-23)9-7-17;/h2-3,5-6H,4,7-14H2,1H3;1H. The molecule has 2 aliphatic heterocycles. The second-order valence-corrected chi connectivity index (χ2v) is 8.90. The summed E-state index contributed by atoms with van der Waals surface area (Å²) in [6, 6.07) is 7.84. The SMILES string of the molecule is COc1ccccc1N1CCN(P2(=O)OCCCN2N(CCCl)N=O)CC1.Cl. The van der Waals surface area contributed by atoms with E-state index in [4.69, 9.17) is 20.9 Å². The Hall–Kier alpha value is -1.09. The normalized spacial score (nSPS) is 23.7. The molecule has 0 radical (unpaired) electrons. The molecule has 3 rings (SSSR count). The molecule has 2 saturated heterocycles. The van der Waals surface area contributed by atoms with Crippen LogP contribution >= 0.6 is 31.7 Å². The monoisotopic (exact) mass is 453 g/mol. The highest BCUT2D eigenvalue weighted by Gasteiger charge is 2.45. The molecule has 12 heteroatoms. The van der Waals surface area contributed by atoms with Crippen LogP contribution in [0.4, 0.5) is 5.69 Å². The Balaban J connectivity index is 0.00000280. The maximum Gasteiger partial charge on any atom is 0.365 e. The van der Waals surface area contributed by atoms with E-state index in [1.165, 1.54) is 4.78 Å². The van der Waals surface area contributed by atoms with Crippen molar-refractivity contribution in [3.05, 3.63) is 29.2 Å². The van der Waals surface area contributed by atoms with Gasteiger partial charge in [-0.15, -0.1) is 33.7 Å². The lowest BCUT2D eigenvalue weighted by Gasteiger charge is -2.46. The zero-order chi connectivity index (χ0) is 19.3. The van der Waals surface area contributed by atoms with Gasteiger partial charge in [-0.05, 0) is 18.6 Å². The summed E-state index contributed by atoms with van der Waals surface area (Å²) in [6.45, 7) is 3.47. The van der Waals surface area contributed by atoms with E-state index in [1.54, 1.807) is 7.11 Å². The van der Waals surface area contributed by atoms with Gasteiger partial charge >= 0.3 is 7.67 Å². The van der Waals surface area contributed by atoms with Gasteiger partial charge in [0.15, 0.2) is 0 Å². The van der Waals surface area contributed by atoms with Crippen molar-refractivity contribution >= 4 is 37.4 Å². The summed E-state index contributed by atoms with van der Waals surface area (Å²) in [4.78, 5) is 13.4. The van der Waals surface area contributed by atoms with Crippen LogP contribution in [0.2, 0.25) is 0 Å². The Labute approximate surface area is 176 Å². The number of nitrogens with zero attached hydrogens (tertiary/aromatic N) is 5. The number of para-hydroxylation sites is 2. The maximum absolute atomic E-state index is 13.7. The zero-order valence-corrected chi connectivity index (χ0v) is 18.2. The first-order chi connectivity index (χ1) is 13.1. The Kier molecular flexibility index (Phi) is 8.80. The van der Waals surface area contributed by atoms with E-state index in [-0.39, 0.29) is 24.8 Å². The number of methoxy groups -OCH3 is 1. The van der Waals surface area contributed by atoms with Gasteiger partial charge in [-0.1, -0.05) is 12.1 Å². The van der Waals surface area contributed by atoms with Crippen LogP contribution in [0.1, 0.15) is 6.42 Å². The van der Waals surface area contributed by atoms with Crippen molar-refractivity contribution in [3.63, 3.8) is 0 Å². The first kappa shape index (κ1) is 23.2. The van der Waals surface area contributed by atoms with Crippen LogP contribution in [-0.2, 0) is 9.09 Å². The van der Waals surface area contributed by atoms with Gasteiger partial charge in [0.2, 0.25) is 0 Å². The van der Waals surface area contributed by atoms with Crippen molar-refractivity contribution in [1.82, 2.24) is 14.6 Å². The summed E-state index contributed by atoms with van der Waals surface area (Å²) in [5.74, 6) is 1.02. The number of rotatable bonds is 7. The summed E-state index contributed by atoms with van der Waals surface area (Å²) in [6.07, 6.45) is 0.680. The summed E-state index contributed by atoms with van der Waals surface area (Å²) in [7, 11) is -1.70. The molecule has 9 nitrogen and oxygen atoms in total. The van der Waals surface area contributed by atoms with Crippen LogP contribution in [0.25, 0.3) is 0 Å². The summed E-state index contributed by atoms with van der Waals surface area (Å²) >= 11 is 5.76. The number of hydrogen-bond donors (Lipinski definition) is 0. The van der Waals surface area contributed by atoms with Crippen molar-refractivity contribution in [2.24, 2.45) is 5.29 Å². The van der Waals surface area contributed by atoms with Gasteiger partial charge in [0.25, 0.3) is 0 Å². The molecule has 0 saturated carbocycles. The number of anilines is 1. The van der Waals surface area contributed by atoms with E-state index in [0.29, 0.717) is 45.8 Å². The topological polar surface area (TPSA) is 77.9 Å². The first-order valence-electron chi connectivity index (χ1n) is 8.96. The van der Waals surface area contributed by atoms with E-state index in [1.807, 2.05) is 28.9 Å². The van der Waals surface area contributed by atoms with Crippen molar-refractivity contribution in [1.29, 1.82) is 0 Å². The number of ether oxygens (including phenoxy) is 1. The van der Waals surface area contributed by atoms with Gasteiger partial charge in [-0.2, -0.15) is 5.12 Å². The molecule has 1 aromatic carbocycles. The lowest BCUT2D eigenvalue weighted by molar-refractivity contribution is 0.00787. The van der Waals surface area contributed by atoms with Gasteiger partial charge in [0.05, 0.1) is 31.2 Å². The number of benzene rings is 1. The van der Waals surface area contributed by atoms with Crippen LogP contribution in [0, 0.1) is 4.91 Å². The van der Waals surface area contributed by atoms with Crippen molar-refractivity contribution in [2.75, 3.05) is 63.8 Å². The number of halogens is 2. The molecule has 0 aliphatic carbocycles. The fourth-order valence-corrected chi connectivity index (χ4v) is 5.98. The minimum atomic E-state index is -3.36. The second kappa shape index (κ2) is 10.6. The van der Waals surface area contributed by atoms with Gasteiger partial charge in [-0.25, -0.2) is 4.67 Å². The minimum absolute atomic E-state index is 0. The van der Waals surface area contributed by atoms with E-state index >= 15 is 0 Å². The number of alkyl halides is 1. The third-order valence-corrected chi connectivity index (χ3v) is 7.53. The van der Waals surface area contributed by atoms with Crippen LogP contribution in [-0.4, -0.2) is 73.4 Å². The number of nitroso groups, excluding NO2 is 1. The molecule has 2 fully saturated rings. The van der Waals surface area contributed by atoms with E-state index in [0.717, 1.165) is 16.6 Å². The van der Waals surface area contributed by atoms with Crippen LogP contribution < -0.4 is 9.64 Å². The van der Waals surface area contributed by atoms with E-state index in [2.05, 4.69) is 10.2 Å². The second-order valence-electron chi connectivity index (χ2n) is 6.25. The molecule has 0 bridgehead atoms. The molecule has 158 valence electrons. The van der Waals surface area contributed by atoms with E-state index < -0.39 is 7.67 Å². The van der Waals surface area contributed by atoms with Crippen LogP contribution in [0.5, 0.6) is 5.75 Å². The summed E-state index contributed by atoms with van der Waals surface area (Å²) in [5.41, 5.74) is 1.01. The minimum Gasteiger partial charge on any atom is -0.495 e. The van der Waals surface area contributed by atoms with Gasteiger partial charge in [-0.3, -0.25) is 4.57 Å². The molecule has 28 heavy (non-hydrogen) atoms. The summed E-state index contributed by atoms with van der Waals surface area (Å²) < 4.78 is 28.1. The Morgan fingerprint density at radius 1 is 1.25 bits per heavy atom. The fourth-order valence-electron chi connectivity index (χ4n) is 3.41. The predicted octanol–water partition coefficient (Wildman–Crippen LogP) is 3.21. The smallest absolute Gasteiger partial charge is 0.365 e. The van der Waals surface area contributed by atoms with Gasteiger partial charge in [0.1, 0.15) is 5.75 Å². The largest absolute Gasteiger partial charge is 0.495 e. The van der Waals surface area contributed by atoms with Crippen molar-refractivity contribution in [3.8, 4) is 5.75 Å². The van der Waals surface area contributed by atoms with Gasteiger partial charge < -0.3 is 14.2 Å². The third-order valence-electron chi connectivity index (χ3n) is 4.74. The molecule has 0 aromatic heterocycles. The molecule has 0 amide bonds. The highest BCUT2D eigenvalue weighted by atomic mass is 35.5. The Morgan fingerprint density at radius 2 is 1.96 bits per heavy atom.